The Kier molecular flexibility index (Phi) is 4.31. The minimum atomic E-state index is 0.385. The van der Waals surface area contributed by atoms with Crippen molar-refractivity contribution in [1.82, 2.24) is 10.3 Å². The van der Waals surface area contributed by atoms with Crippen LogP contribution in [0.5, 0.6) is 0 Å². The van der Waals surface area contributed by atoms with Gasteiger partial charge in [0.25, 0.3) is 0 Å². The lowest BCUT2D eigenvalue weighted by molar-refractivity contribution is 0.184. The summed E-state index contributed by atoms with van der Waals surface area (Å²) in [6.45, 7) is 5.14. The van der Waals surface area contributed by atoms with Crippen LogP contribution in [0, 0.1) is 5.92 Å². The fourth-order valence-corrected chi connectivity index (χ4v) is 2.06. The van der Waals surface area contributed by atoms with E-state index < -0.39 is 0 Å². The molecule has 1 aliphatic heterocycles. The summed E-state index contributed by atoms with van der Waals surface area (Å²) in [7, 11) is 0. The molecule has 0 saturated carbocycles. The Bertz CT molecular complexity index is 296. The normalized spacial score (nSPS) is 22.2. The van der Waals surface area contributed by atoms with Crippen LogP contribution in [0.25, 0.3) is 0 Å². The third-order valence-electron chi connectivity index (χ3n) is 3.21. The monoisotopic (exact) mass is 220 g/mol. The molecule has 1 N–H and O–H groups in total. The SMILES string of the molecule is CC(NCCC1CCOC1)c1cccnc1. The van der Waals surface area contributed by atoms with Crippen LogP contribution in [0.3, 0.4) is 0 Å². The van der Waals surface area contributed by atoms with Crippen molar-refractivity contribution in [3.63, 3.8) is 0 Å². The van der Waals surface area contributed by atoms with E-state index in [0.29, 0.717) is 6.04 Å². The predicted octanol–water partition coefficient (Wildman–Crippen LogP) is 2.16. The quantitative estimate of drug-likeness (QED) is 0.825. The maximum absolute atomic E-state index is 5.36. The number of rotatable bonds is 5. The Labute approximate surface area is 97.2 Å². The molecule has 0 aromatic carbocycles. The molecule has 88 valence electrons. The zero-order valence-corrected chi connectivity index (χ0v) is 9.86. The van der Waals surface area contributed by atoms with Crippen LogP contribution in [-0.4, -0.2) is 24.7 Å². The molecule has 2 unspecified atom stereocenters. The lowest BCUT2D eigenvalue weighted by Gasteiger charge is -2.15. The maximum Gasteiger partial charge on any atom is 0.0495 e. The van der Waals surface area contributed by atoms with Crippen molar-refractivity contribution >= 4 is 0 Å². The van der Waals surface area contributed by atoms with E-state index in [-0.39, 0.29) is 0 Å². The van der Waals surface area contributed by atoms with E-state index in [9.17, 15) is 0 Å². The summed E-state index contributed by atoms with van der Waals surface area (Å²) in [6.07, 6.45) is 6.18. The lowest BCUT2D eigenvalue weighted by Crippen LogP contribution is -2.22. The summed E-state index contributed by atoms with van der Waals surface area (Å²) >= 11 is 0. The van der Waals surface area contributed by atoms with Crippen molar-refractivity contribution in [1.29, 1.82) is 0 Å². The molecular weight excluding hydrogens is 200 g/mol. The molecular formula is C13H20N2O. The van der Waals surface area contributed by atoms with Gasteiger partial charge in [0.1, 0.15) is 0 Å². The van der Waals surface area contributed by atoms with Gasteiger partial charge >= 0.3 is 0 Å². The molecule has 2 atom stereocenters. The molecule has 1 aliphatic rings. The van der Waals surface area contributed by atoms with Gasteiger partial charge in [-0.2, -0.15) is 0 Å². The molecule has 1 aromatic rings. The van der Waals surface area contributed by atoms with Gasteiger partial charge in [0.15, 0.2) is 0 Å². The minimum absolute atomic E-state index is 0.385. The van der Waals surface area contributed by atoms with Gasteiger partial charge in [-0.1, -0.05) is 6.07 Å². The Morgan fingerprint density at radius 2 is 2.56 bits per heavy atom. The zero-order valence-electron chi connectivity index (χ0n) is 9.86. The van der Waals surface area contributed by atoms with E-state index in [4.69, 9.17) is 4.74 Å². The summed E-state index contributed by atoms with van der Waals surface area (Å²) < 4.78 is 5.36. The van der Waals surface area contributed by atoms with Crippen LogP contribution >= 0.6 is 0 Å². The first-order chi connectivity index (χ1) is 7.86. The summed E-state index contributed by atoms with van der Waals surface area (Å²) in [6, 6.07) is 4.48. The Hall–Kier alpha value is -0.930. The number of ether oxygens (including phenoxy) is 1. The standard InChI is InChI=1S/C13H20N2O/c1-11(13-3-2-6-14-9-13)15-7-4-12-5-8-16-10-12/h2-3,6,9,11-12,15H,4-5,7-8,10H2,1H3. The molecule has 0 aliphatic carbocycles. The van der Waals surface area contributed by atoms with E-state index in [1.54, 1.807) is 0 Å². The molecule has 0 bridgehead atoms. The summed E-state index contributed by atoms with van der Waals surface area (Å²) in [5.74, 6) is 0.758. The van der Waals surface area contributed by atoms with E-state index >= 15 is 0 Å². The van der Waals surface area contributed by atoms with Crippen molar-refractivity contribution in [2.75, 3.05) is 19.8 Å². The minimum Gasteiger partial charge on any atom is -0.381 e. The summed E-state index contributed by atoms with van der Waals surface area (Å²) in [4.78, 5) is 4.13. The molecule has 0 spiro atoms. The number of pyridine rings is 1. The third-order valence-corrected chi connectivity index (χ3v) is 3.21. The topological polar surface area (TPSA) is 34.1 Å². The first kappa shape index (κ1) is 11.6. The molecule has 0 radical (unpaired) electrons. The zero-order chi connectivity index (χ0) is 11.2. The third kappa shape index (κ3) is 3.29. The first-order valence-corrected chi connectivity index (χ1v) is 6.07. The highest BCUT2D eigenvalue weighted by Gasteiger charge is 2.15. The predicted molar refractivity (Wildman–Crippen MR) is 64.2 cm³/mol. The average molecular weight is 220 g/mol. The molecule has 1 aromatic heterocycles. The van der Waals surface area contributed by atoms with Crippen molar-refractivity contribution in [3.05, 3.63) is 30.1 Å². The van der Waals surface area contributed by atoms with Crippen LogP contribution in [0.15, 0.2) is 24.5 Å². The summed E-state index contributed by atoms with van der Waals surface area (Å²) in [5.41, 5.74) is 1.25. The van der Waals surface area contributed by atoms with Gasteiger partial charge in [-0.25, -0.2) is 0 Å². The molecule has 1 saturated heterocycles. The van der Waals surface area contributed by atoms with Crippen LogP contribution in [-0.2, 0) is 4.74 Å². The fraction of sp³-hybridized carbons (Fsp3) is 0.615. The lowest BCUT2D eigenvalue weighted by atomic mass is 10.0. The maximum atomic E-state index is 5.36. The van der Waals surface area contributed by atoms with Crippen molar-refractivity contribution in [3.8, 4) is 0 Å². The smallest absolute Gasteiger partial charge is 0.0495 e. The molecule has 3 nitrogen and oxygen atoms in total. The van der Waals surface area contributed by atoms with Gasteiger partial charge < -0.3 is 10.1 Å². The molecule has 1 fully saturated rings. The van der Waals surface area contributed by atoms with Gasteiger partial charge in [0.2, 0.25) is 0 Å². The number of nitrogens with one attached hydrogen (secondary N) is 1. The average Bonchev–Trinajstić information content (AvgIpc) is 2.83. The molecule has 2 rings (SSSR count). The molecule has 0 amide bonds. The number of hydrogen-bond acceptors (Lipinski definition) is 3. The van der Waals surface area contributed by atoms with Crippen LogP contribution in [0.2, 0.25) is 0 Å². The second-order valence-electron chi connectivity index (χ2n) is 4.48. The second-order valence-corrected chi connectivity index (χ2v) is 4.48. The Morgan fingerprint density at radius 3 is 3.25 bits per heavy atom. The van der Waals surface area contributed by atoms with Crippen molar-refractivity contribution in [2.24, 2.45) is 5.92 Å². The van der Waals surface area contributed by atoms with Gasteiger partial charge in [0, 0.05) is 31.6 Å². The van der Waals surface area contributed by atoms with Gasteiger partial charge in [-0.15, -0.1) is 0 Å². The highest BCUT2D eigenvalue weighted by Crippen LogP contribution is 2.16. The van der Waals surface area contributed by atoms with E-state index in [1.165, 1.54) is 18.4 Å². The highest BCUT2D eigenvalue weighted by molar-refractivity contribution is 5.12. The molecule has 16 heavy (non-hydrogen) atoms. The van der Waals surface area contributed by atoms with E-state index in [0.717, 1.165) is 25.7 Å². The van der Waals surface area contributed by atoms with Crippen LogP contribution in [0.4, 0.5) is 0 Å². The number of nitrogens with zero attached hydrogens (tertiary/aromatic N) is 1. The Morgan fingerprint density at radius 1 is 1.62 bits per heavy atom. The van der Waals surface area contributed by atoms with Gasteiger partial charge in [-0.3, -0.25) is 4.98 Å². The van der Waals surface area contributed by atoms with Crippen LogP contribution < -0.4 is 5.32 Å². The Balaban J connectivity index is 1.69. The van der Waals surface area contributed by atoms with Crippen LogP contribution in [0.1, 0.15) is 31.4 Å². The number of hydrogen-bond donors (Lipinski definition) is 1. The van der Waals surface area contributed by atoms with Gasteiger partial charge in [-0.05, 0) is 43.9 Å². The highest BCUT2D eigenvalue weighted by atomic mass is 16.5. The summed E-state index contributed by atoms with van der Waals surface area (Å²) in [5, 5.41) is 3.53. The van der Waals surface area contributed by atoms with E-state index in [2.05, 4.69) is 23.3 Å². The molecule has 2 heterocycles. The van der Waals surface area contributed by atoms with E-state index in [1.807, 2.05) is 18.5 Å². The molecule has 3 heteroatoms. The van der Waals surface area contributed by atoms with Crippen molar-refractivity contribution < 1.29 is 4.74 Å². The second kappa shape index (κ2) is 5.97. The number of aromatic nitrogens is 1. The largest absolute Gasteiger partial charge is 0.381 e. The van der Waals surface area contributed by atoms with Crippen molar-refractivity contribution in [2.45, 2.75) is 25.8 Å². The van der Waals surface area contributed by atoms with Gasteiger partial charge in [0.05, 0.1) is 0 Å². The fourth-order valence-electron chi connectivity index (χ4n) is 2.06. The first-order valence-electron chi connectivity index (χ1n) is 6.07.